The fourth-order valence-electron chi connectivity index (χ4n) is 5.00. The summed E-state index contributed by atoms with van der Waals surface area (Å²) in [4.78, 5) is 33.6. The molecule has 0 fully saturated rings. The third-order valence-electron chi connectivity index (χ3n) is 6.91. The molecule has 2 heterocycles. The second-order valence-electron chi connectivity index (χ2n) is 9.13. The first-order valence-corrected chi connectivity index (χ1v) is 13.0. The van der Waals surface area contributed by atoms with Gasteiger partial charge in [0.25, 0.3) is 0 Å². The molecule has 0 saturated carbocycles. The van der Waals surface area contributed by atoms with E-state index in [4.69, 9.17) is 9.72 Å². The Bertz CT molecular complexity index is 1870. The van der Waals surface area contributed by atoms with Crippen LogP contribution in [0.3, 0.4) is 0 Å². The highest BCUT2D eigenvalue weighted by Crippen LogP contribution is 2.37. The molecule has 38 heavy (non-hydrogen) atoms. The normalized spacial score (nSPS) is 12.9. The van der Waals surface area contributed by atoms with Crippen molar-refractivity contribution in [1.29, 1.82) is 0 Å². The molecule has 0 unspecified atom stereocenters. The lowest BCUT2D eigenvalue weighted by Gasteiger charge is -2.07. The van der Waals surface area contributed by atoms with Crippen molar-refractivity contribution >= 4 is 50.1 Å². The second-order valence-corrected chi connectivity index (χ2v) is 10.2. The zero-order chi connectivity index (χ0) is 25.8. The summed E-state index contributed by atoms with van der Waals surface area (Å²) >= 11 is 1.57. The minimum atomic E-state index is -0.263. The number of methoxy groups -OCH3 is 1. The number of thiophene rings is 1. The van der Waals surface area contributed by atoms with Crippen LogP contribution in [0.4, 0.5) is 0 Å². The van der Waals surface area contributed by atoms with Crippen molar-refractivity contribution in [2.75, 3.05) is 7.11 Å². The molecule has 0 aliphatic heterocycles. The van der Waals surface area contributed by atoms with Gasteiger partial charge < -0.3 is 4.74 Å². The maximum absolute atomic E-state index is 13.4. The van der Waals surface area contributed by atoms with Gasteiger partial charge in [0.15, 0.2) is 11.6 Å². The number of ether oxygens (including phenoxy) is 1. The van der Waals surface area contributed by atoms with Crippen LogP contribution in [0.1, 0.15) is 26.5 Å². The number of imidazole rings is 1. The summed E-state index contributed by atoms with van der Waals surface area (Å²) in [5, 5.41) is 1.87. The fraction of sp³-hybridized carbons (Fsp3) is 0.0312. The Kier molecular flexibility index (Phi) is 5.09. The highest BCUT2D eigenvalue weighted by atomic mass is 32.1. The van der Waals surface area contributed by atoms with E-state index in [-0.39, 0.29) is 17.1 Å². The van der Waals surface area contributed by atoms with E-state index >= 15 is 0 Å². The lowest BCUT2D eigenvalue weighted by atomic mass is 10.0. The number of aromatic nitrogens is 2. The number of carbonyl (C=O) groups is 2. The van der Waals surface area contributed by atoms with Gasteiger partial charge in [-0.05, 0) is 77.0 Å². The lowest BCUT2D eigenvalue weighted by Crippen LogP contribution is -2.03. The number of carbonyl (C=O) groups excluding carboxylic acids is 2. The molecule has 1 aliphatic rings. The van der Waals surface area contributed by atoms with E-state index in [9.17, 15) is 9.59 Å². The quantitative estimate of drug-likeness (QED) is 0.183. The molecule has 0 bridgehead atoms. The molecular formula is C32H20N2O3S. The molecule has 0 amide bonds. The SMILES string of the molecule is COc1ccc(-c2cc3c(nc(C=C4C(=O)c5cc6ccccc6cc5C4=O)n3-c3ccccc3)s2)cc1. The highest BCUT2D eigenvalue weighted by Gasteiger charge is 2.34. The molecule has 6 aromatic rings. The minimum absolute atomic E-state index is 0.139. The van der Waals surface area contributed by atoms with Gasteiger partial charge in [-0.2, -0.15) is 0 Å². The molecule has 1 aliphatic carbocycles. The van der Waals surface area contributed by atoms with Crippen LogP contribution < -0.4 is 4.74 Å². The molecule has 6 heteroatoms. The molecule has 0 N–H and O–H groups in total. The molecular weight excluding hydrogens is 492 g/mol. The molecule has 5 nitrogen and oxygen atoms in total. The number of ketones is 2. The average molecular weight is 513 g/mol. The Morgan fingerprint density at radius 1 is 0.789 bits per heavy atom. The predicted octanol–water partition coefficient (Wildman–Crippen LogP) is 7.38. The summed E-state index contributed by atoms with van der Waals surface area (Å²) in [5.41, 5.74) is 3.92. The summed E-state index contributed by atoms with van der Waals surface area (Å²) < 4.78 is 7.30. The summed E-state index contributed by atoms with van der Waals surface area (Å²) in [6.45, 7) is 0. The van der Waals surface area contributed by atoms with E-state index in [1.54, 1.807) is 24.5 Å². The van der Waals surface area contributed by atoms with Crippen molar-refractivity contribution in [3.63, 3.8) is 0 Å². The number of hydrogen-bond donors (Lipinski definition) is 0. The van der Waals surface area contributed by atoms with Crippen molar-refractivity contribution in [3.8, 4) is 21.9 Å². The number of Topliss-reactive ketones (excluding diaryl/α,β-unsaturated/α-hetero) is 2. The molecule has 182 valence electrons. The first-order valence-electron chi connectivity index (χ1n) is 12.2. The van der Waals surface area contributed by atoms with Crippen molar-refractivity contribution in [3.05, 3.63) is 120 Å². The number of benzene rings is 4. The predicted molar refractivity (Wildman–Crippen MR) is 152 cm³/mol. The third kappa shape index (κ3) is 3.49. The minimum Gasteiger partial charge on any atom is -0.497 e. The van der Waals surface area contributed by atoms with Crippen LogP contribution in [-0.4, -0.2) is 28.2 Å². The van der Waals surface area contributed by atoms with Gasteiger partial charge >= 0.3 is 0 Å². The van der Waals surface area contributed by atoms with E-state index in [1.807, 2.05) is 95.6 Å². The van der Waals surface area contributed by atoms with Crippen LogP contribution >= 0.6 is 11.3 Å². The Labute approximate surface area is 222 Å². The van der Waals surface area contributed by atoms with Crippen LogP contribution in [0, 0.1) is 0 Å². The van der Waals surface area contributed by atoms with Gasteiger partial charge in [0.1, 0.15) is 16.4 Å². The number of rotatable bonds is 4. The number of fused-ring (bicyclic) bond motifs is 3. The summed E-state index contributed by atoms with van der Waals surface area (Å²) in [6, 6.07) is 31.3. The third-order valence-corrected chi connectivity index (χ3v) is 7.97. The highest BCUT2D eigenvalue weighted by molar-refractivity contribution is 7.21. The smallest absolute Gasteiger partial charge is 0.197 e. The first-order chi connectivity index (χ1) is 18.6. The summed E-state index contributed by atoms with van der Waals surface area (Å²) in [6.07, 6.45) is 1.64. The molecule has 0 spiro atoms. The van der Waals surface area contributed by atoms with Gasteiger partial charge in [-0.25, -0.2) is 4.98 Å². The maximum atomic E-state index is 13.4. The van der Waals surface area contributed by atoms with E-state index in [0.717, 1.165) is 43.0 Å². The van der Waals surface area contributed by atoms with E-state index < -0.39 is 0 Å². The Hall–Kier alpha value is -4.81. The van der Waals surface area contributed by atoms with Gasteiger partial charge in [0, 0.05) is 21.7 Å². The fourth-order valence-corrected chi connectivity index (χ4v) is 6.03. The van der Waals surface area contributed by atoms with E-state index in [1.165, 1.54) is 0 Å². The molecule has 2 aromatic heterocycles. The maximum Gasteiger partial charge on any atom is 0.197 e. The van der Waals surface area contributed by atoms with Gasteiger partial charge in [-0.15, -0.1) is 11.3 Å². The molecule has 4 aromatic carbocycles. The zero-order valence-electron chi connectivity index (χ0n) is 20.3. The average Bonchev–Trinajstić information content (AvgIpc) is 3.59. The molecule has 0 atom stereocenters. The van der Waals surface area contributed by atoms with Gasteiger partial charge in [-0.1, -0.05) is 42.5 Å². The van der Waals surface area contributed by atoms with E-state index in [2.05, 4.69) is 6.07 Å². The number of nitrogens with zero attached hydrogens (tertiary/aromatic N) is 2. The summed E-state index contributed by atoms with van der Waals surface area (Å²) in [5.74, 6) is 0.824. The monoisotopic (exact) mass is 512 g/mol. The van der Waals surface area contributed by atoms with Gasteiger partial charge in [-0.3, -0.25) is 14.2 Å². The topological polar surface area (TPSA) is 61.2 Å². The lowest BCUT2D eigenvalue weighted by molar-refractivity contribution is 0.0990. The second kappa shape index (κ2) is 8.64. The van der Waals surface area contributed by atoms with Crippen LogP contribution in [0.5, 0.6) is 5.75 Å². The van der Waals surface area contributed by atoms with Crippen molar-refractivity contribution in [2.45, 2.75) is 0 Å². The summed E-state index contributed by atoms with van der Waals surface area (Å²) in [7, 11) is 1.65. The zero-order valence-corrected chi connectivity index (χ0v) is 21.2. The van der Waals surface area contributed by atoms with Gasteiger partial charge in [0.05, 0.1) is 18.2 Å². The van der Waals surface area contributed by atoms with Gasteiger partial charge in [0.2, 0.25) is 0 Å². The van der Waals surface area contributed by atoms with Crippen molar-refractivity contribution < 1.29 is 14.3 Å². The first kappa shape index (κ1) is 22.4. The Morgan fingerprint density at radius 3 is 2.05 bits per heavy atom. The number of hydrogen-bond acceptors (Lipinski definition) is 5. The molecule has 0 saturated heterocycles. The number of allylic oxidation sites excluding steroid dienone is 1. The van der Waals surface area contributed by atoms with Crippen molar-refractivity contribution in [2.24, 2.45) is 0 Å². The Balaban J connectivity index is 1.38. The van der Waals surface area contributed by atoms with Crippen molar-refractivity contribution in [1.82, 2.24) is 9.55 Å². The largest absolute Gasteiger partial charge is 0.497 e. The van der Waals surface area contributed by atoms with E-state index in [0.29, 0.717) is 17.0 Å². The van der Waals surface area contributed by atoms with Crippen LogP contribution in [0.25, 0.3) is 43.3 Å². The van der Waals surface area contributed by atoms with Crippen LogP contribution in [-0.2, 0) is 0 Å². The molecule has 0 radical (unpaired) electrons. The Morgan fingerprint density at radius 2 is 1.42 bits per heavy atom. The van der Waals surface area contributed by atoms with Crippen LogP contribution in [0.15, 0.2) is 103 Å². The standard InChI is InChI=1S/C32H20N2O3S/c1-37-23-13-11-19(12-14-23)28-18-27-32(38-28)33-29(34(27)22-9-3-2-4-10-22)17-26-30(35)24-15-20-7-5-6-8-21(20)16-25(24)31(26)36/h2-18H,1H3. The van der Waals surface area contributed by atoms with Crippen LogP contribution in [0.2, 0.25) is 0 Å². The molecule has 7 rings (SSSR count). The number of para-hydroxylation sites is 1.